The van der Waals surface area contributed by atoms with E-state index in [-0.39, 0.29) is 0 Å². The van der Waals surface area contributed by atoms with Gasteiger partial charge >= 0.3 is 0 Å². The predicted octanol–water partition coefficient (Wildman–Crippen LogP) is 1.97. The highest BCUT2D eigenvalue weighted by Gasteiger charge is 2.03. The summed E-state index contributed by atoms with van der Waals surface area (Å²) in [5, 5.41) is 0. The van der Waals surface area contributed by atoms with Crippen LogP contribution in [0.25, 0.3) is 0 Å². The van der Waals surface area contributed by atoms with E-state index in [1.165, 1.54) is 0 Å². The topological polar surface area (TPSA) is 46.1 Å². The van der Waals surface area contributed by atoms with Crippen LogP contribution in [0.4, 0.5) is 5.82 Å². The van der Waals surface area contributed by atoms with Crippen molar-refractivity contribution in [3.8, 4) is 0 Å². The molecular formula is C14H15N3O. The summed E-state index contributed by atoms with van der Waals surface area (Å²) < 4.78 is 0. The van der Waals surface area contributed by atoms with Crippen LogP contribution in [-0.2, 0) is 6.42 Å². The monoisotopic (exact) mass is 241 g/mol. The number of hydrogen-bond acceptors (Lipinski definition) is 4. The SMILES string of the molecule is CN(CCc1ccccn1)c1ccc(C=O)cn1. The molecule has 2 aromatic rings. The summed E-state index contributed by atoms with van der Waals surface area (Å²) in [6, 6.07) is 9.53. The van der Waals surface area contributed by atoms with Crippen LogP contribution in [0.5, 0.6) is 0 Å². The van der Waals surface area contributed by atoms with Crippen molar-refractivity contribution in [2.75, 3.05) is 18.5 Å². The third-order valence-electron chi connectivity index (χ3n) is 2.73. The molecule has 0 spiro atoms. The molecule has 2 rings (SSSR count). The largest absolute Gasteiger partial charge is 0.359 e. The molecule has 0 aliphatic heterocycles. The molecular weight excluding hydrogens is 226 g/mol. The molecule has 0 saturated carbocycles. The summed E-state index contributed by atoms with van der Waals surface area (Å²) in [5.41, 5.74) is 1.66. The molecule has 2 aromatic heterocycles. The zero-order chi connectivity index (χ0) is 12.8. The smallest absolute Gasteiger partial charge is 0.151 e. The van der Waals surface area contributed by atoms with Crippen LogP contribution in [0, 0.1) is 0 Å². The Morgan fingerprint density at radius 2 is 2.11 bits per heavy atom. The van der Waals surface area contributed by atoms with Crippen molar-refractivity contribution in [1.29, 1.82) is 0 Å². The highest BCUT2D eigenvalue weighted by molar-refractivity contribution is 5.74. The zero-order valence-corrected chi connectivity index (χ0v) is 10.3. The molecule has 18 heavy (non-hydrogen) atoms. The van der Waals surface area contributed by atoms with Gasteiger partial charge in [-0.05, 0) is 24.3 Å². The van der Waals surface area contributed by atoms with Gasteiger partial charge in [-0.3, -0.25) is 9.78 Å². The van der Waals surface area contributed by atoms with Gasteiger partial charge in [0.1, 0.15) is 5.82 Å². The van der Waals surface area contributed by atoms with Crippen molar-refractivity contribution >= 4 is 12.1 Å². The van der Waals surface area contributed by atoms with E-state index in [0.717, 1.165) is 30.8 Å². The Balaban J connectivity index is 1.94. The summed E-state index contributed by atoms with van der Waals surface area (Å²) in [4.78, 5) is 21.1. The second kappa shape index (κ2) is 5.91. The maximum absolute atomic E-state index is 10.5. The predicted molar refractivity (Wildman–Crippen MR) is 70.8 cm³/mol. The van der Waals surface area contributed by atoms with E-state index in [2.05, 4.69) is 9.97 Å². The molecule has 0 saturated heterocycles. The van der Waals surface area contributed by atoms with Crippen molar-refractivity contribution in [2.45, 2.75) is 6.42 Å². The van der Waals surface area contributed by atoms with Gasteiger partial charge in [0.15, 0.2) is 6.29 Å². The van der Waals surface area contributed by atoms with Gasteiger partial charge in [0.05, 0.1) is 0 Å². The Bertz CT molecular complexity index is 496. The van der Waals surface area contributed by atoms with Gasteiger partial charge in [0.2, 0.25) is 0 Å². The fraction of sp³-hybridized carbons (Fsp3) is 0.214. The Morgan fingerprint density at radius 1 is 1.22 bits per heavy atom. The molecule has 0 atom stereocenters. The highest BCUT2D eigenvalue weighted by Crippen LogP contribution is 2.09. The third-order valence-corrected chi connectivity index (χ3v) is 2.73. The fourth-order valence-electron chi connectivity index (χ4n) is 1.64. The van der Waals surface area contributed by atoms with Gasteiger partial charge in [-0.25, -0.2) is 4.98 Å². The number of carbonyl (C=O) groups is 1. The average molecular weight is 241 g/mol. The van der Waals surface area contributed by atoms with Crippen LogP contribution < -0.4 is 4.90 Å². The van der Waals surface area contributed by atoms with E-state index < -0.39 is 0 Å². The van der Waals surface area contributed by atoms with Crippen LogP contribution in [0.1, 0.15) is 16.1 Å². The molecule has 92 valence electrons. The number of rotatable bonds is 5. The molecule has 0 aromatic carbocycles. The van der Waals surface area contributed by atoms with Crippen molar-refractivity contribution in [3.05, 3.63) is 54.0 Å². The molecule has 4 heteroatoms. The van der Waals surface area contributed by atoms with Gasteiger partial charge in [-0.2, -0.15) is 0 Å². The fourth-order valence-corrected chi connectivity index (χ4v) is 1.64. The summed E-state index contributed by atoms with van der Waals surface area (Å²) in [6.45, 7) is 0.838. The molecule has 0 unspecified atom stereocenters. The Kier molecular flexibility index (Phi) is 4.02. The van der Waals surface area contributed by atoms with Gasteiger partial charge in [-0.1, -0.05) is 6.07 Å². The number of anilines is 1. The van der Waals surface area contributed by atoms with Crippen molar-refractivity contribution in [3.63, 3.8) is 0 Å². The third kappa shape index (κ3) is 3.13. The quantitative estimate of drug-likeness (QED) is 0.751. The van der Waals surface area contributed by atoms with Crippen LogP contribution in [0.15, 0.2) is 42.7 Å². The first kappa shape index (κ1) is 12.2. The maximum Gasteiger partial charge on any atom is 0.151 e. The molecule has 0 aliphatic carbocycles. The molecule has 0 amide bonds. The number of aldehydes is 1. The lowest BCUT2D eigenvalue weighted by Crippen LogP contribution is -2.21. The van der Waals surface area contributed by atoms with Gasteiger partial charge in [-0.15, -0.1) is 0 Å². The second-order valence-corrected chi connectivity index (χ2v) is 4.06. The molecule has 0 radical (unpaired) electrons. The van der Waals surface area contributed by atoms with Crippen LogP contribution in [-0.4, -0.2) is 29.8 Å². The van der Waals surface area contributed by atoms with Gasteiger partial charge < -0.3 is 4.90 Å². The van der Waals surface area contributed by atoms with Crippen LogP contribution >= 0.6 is 0 Å². The number of likely N-dealkylation sites (N-methyl/N-ethyl adjacent to an activating group) is 1. The lowest BCUT2D eigenvalue weighted by molar-refractivity contribution is 0.112. The molecule has 2 heterocycles. The summed E-state index contributed by atoms with van der Waals surface area (Å²) in [5.74, 6) is 0.858. The minimum atomic E-state index is 0.594. The van der Waals surface area contributed by atoms with E-state index in [4.69, 9.17) is 0 Å². The standard InChI is InChI=1S/C14H15N3O/c1-17(9-7-13-4-2-3-8-15-13)14-6-5-12(11-18)10-16-14/h2-6,8,10-11H,7,9H2,1H3. The number of nitrogens with zero attached hydrogens (tertiary/aromatic N) is 3. The second-order valence-electron chi connectivity index (χ2n) is 4.06. The van der Waals surface area contributed by atoms with Crippen molar-refractivity contribution in [1.82, 2.24) is 9.97 Å². The van der Waals surface area contributed by atoms with E-state index >= 15 is 0 Å². The van der Waals surface area contributed by atoms with Gasteiger partial charge in [0, 0.05) is 43.7 Å². The maximum atomic E-state index is 10.5. The summed E-state index contributed by atoms with van der Waals surface area (Å²) >= 11 is 0. The molecule has 4 nitrogen and oxygen atoms in total. The van der Waals surface area contributed by atoms with Crippen molar-refractivity contribution < 1.29 is 4.79 Å². The minimum Gasteiger partial charge on any atom is -0.359 e. The first-order chi connectivity index (χ1) is 8.79. The molecule has 0 bridgehead atoms. The summed E-state index contributed by atoms with van der Waals surface area (Å²) in [6.07, 6.45) is 5.05. The Hall–Kier alpha value is -2.23. The first-order valence-electron chi connectivity index (χ1n) is 5.82. The zero-order valence-electron chi connectivity index (χ0n) is 10.3. The van der Waals surface area contributed by atoms with Crippen LogP contribution in [0.2, 0.25) is 0 Å². The summed E-state index contributed by atoms with van der Waals surface area (Å²) in [7, 11) is 1.98. The van der Waals surface area contributed by atoms with E-state index in [9.17, 15) is 4.79 Å². The normalized spacial score (nSPS) is 10.1. The van der Waals surface area contributed by atoms with E-state index in [1.54, 1.807) is 18.5 Å². The lowest BCUT2D eigenvalue weighted by Gasteiger charge is -2.17. The first-order valence-corrected chi connectivity index (χ1v) is 5.82. The number of pyridine rings is 2. The Morgan fingerprint density at radius 3 is 2.72 bits per heavy atom. The number of aromatic nitrogens is 2. The highest BCUT2D eigenvalue weighted by atomic mass is 16.1. The average Bonchev–Trinajstić information content (AvgIpc) is 2.46. The molecule has 0 fully saturated rings. The molecule has 0 aliphatic rings. The van der Waals surface area contributed by atoms with E-state index in [0.29, 0.717) is 5.56 Å². The van der Waals surface area contributed by atoms with Crippen molar-refractivity contribution in [2.24, 2.45) is 0 Å². The van der Waals surface area contributed by atoms with E-state index in [1.807, 2.05) is 36.2 Å². The van der Waals surface area contributed by atoms with Crippen LogP contribution in [0.3, 0.4) is 0 Å². The minimum absolute atomic E-state index is 0.594. The Labute approximate surface area is 106 Å². The molecule has 0 N–H and O–H groups in total. The number of hydrogen-bond donors (Lipinski definition) is 0. The van der Waals surface area contributed by atoms with Gasteiger partial charge in [0.25, 0.3) is 0 Å². The number of carbonyl (C=O) groups excluding carboxylic acids is 1. The lowest BCUT2D eigenvalue weighted by atomic mass is 10.2.